The van der Waals surface area contributed by atoms with Crippen molar-refractivity contribution in [3.63, 3.8) is 0 Å². The zero-order valence-electron chi connectivity index (χ0n) is 12.1. The molecule has 18 heavy (non-hydrogen) atoms. The van der Waals surface area contributed by atoms with Crippen LogP contribution in [0.3, 0.4) is 0 Å². The Labute approximate surface area is 116 Å². The first kappa shape index (κ1) is 15.3. The normalized spacial score (nSPS) is 11.7. The summed E-state index contributed by atoms with van der Waals surface area (Å²) in [5.74, 6) is 0.753. The fourth-order valence-corrected chi connectivity index (χ4v) is 2.94. The molecule has 0 spiro atoms. The summed E-state index contributed by atoms with van der Waals surface area (Å²) in [6, 6.07) is 4.10. The maximum Gasteiger partial charge on any atom is 0.137 e. The molecule has 0 bridgehead atoms. The van der Waals surface area contributed by atoms with E-state index in [-0.39, 0.29) is 5.41 Å². The van der Waals surface area contributed by atoms with E-state index >= 15 is 0 Å². The molecule has 102 valence electrons. The van der Waals surface area contributed by atoms with Crippen molar-refractivity contribution in [3.05, 3.63) is 28.3 Å². The Hall–Kier alpha value is -0.730. The van der Waals surface area contributed by atoms with Crippen LogP contribution in [0.25, 0.3) is 0 Å². The second-order valence-corrected chi connectivity index (χ2v) is 5.23. The largest absolute Gasteiger partial charge is 0.495 e. The quantitative estimate of drug-likeness (QED) is 0.845. The molecule has 1 N–H and O–H groups in total. The van der Waals surface area contributed by atoms with Gasteiger partial charge in [0.1, 0.15) is 5.75 Å². The third-order valence-electron chi connectivity index (χ3n) is 3.94. The van der Waals surface area contributed by atoms with Gasteiger partial charge in [0.2, 0.25) is 0 Å². The SMILES string of the molecule is CCC(CC)(CNC)c1cc(Cl)c(OC)cc1C. The molecule has 2 nitrogen and oxygen atoms in total. The first-order chi connectivity index (χ1) is 8.54. The van der Waals surface area contributed by atoms with Crippen molar-refractivity contribution in [2.24, 2.45) is 0 Å². The van der Waals surface area contributed by atoms with Gasteiger partial charge in [-0.15, -0.1) is 0 Å². The van der Waals surface area contributed by atoms with E-state index in [4.69, 9.17) is 16.3 Å². The van der Waals surface area contributed by atoms with Crippen molar-refractivity contribution in [3.8, 4) is 5.75 Å². The van der Waals surface area contributed by atoms with Gasteiger partial charge < -0.3 is 10.1 Å². The molecule has 1 aromatic carbocycles. The Morgan fingerprint density at radius 1 is 1.28 bits per heavy atom. The molecule has 0 saturated heterocycles. The van der Waals surface area contributed by atoms with E-state index in [1.165, 1.54) is 11.1 Å². The van der Waals surface area contributed by atoms with E-state index in [2.05, 4.69) is 32.2 Å². The van der Waals surface area contributed by atoms with Gasteiger partial charge in [0.25, 0.3) is 0 Å². The topological polar surface area (TPSA) is 21.3 Å². The summed E-state index contributed by atoms with van der Waals surface area (Å²) >= 11 is 6.28. The van der Waals surface area contributed by atoms with Crippen molar-refractivity contribution in [2.75, 3.05) is 20.7 Å². The van der Waals surface area contributed by atoms with Crippen LogP contribution in [0.2, 0.25) is 5.02 Å². The van der Waals surface area contributed by atoms with Crippen LogP contribution in [-0.2, 0) is 5.41 Å². The monoisotopic (exact) mass is 269 g/mol. The minimum atomic E-state index is 0.148. The number of methoxy groups -OCH3 is 1. The number of hydrogen-bond donors (Lipinski definition) is 1. The van der Waals surface area contributed by atoms with Gasteiger partial charge in [-0.25, -0.2) is 0 Å². The molecule has 0 saturated carbocycles. The van der Waals surface area contributed by atoms with Gasteiger partial charge >= 0.3 is 0 Å². The lowest BCUT2D eigenvalue weighted by Crippen LogP contribution is -2.36. The average molecular weight is 270 g/mol. The summed E-state index contributed by atoms with van der Waals surface area (Å²) in [5.41, 5.74) is 2.72. The summed E-state index contributed by atoms with van der Waals surface area (Å²) < 4.78 is 5.27. The molecule has 0 fully saturated rings. The highest BCUT2D eigenvalue weighted by Gasteiger charge is 2.30. The number of likely N-dealkylation sites (N-methyl/N-ethyl adjacent to an activating group) is 1. The predicted octanol–water partition coefficient (Wildman–Crippen LogP) is 3.93. The Morgan fingerprint density at radius 2 is 1.89 bits per heavy atom. The molecule has 0 aliphatic heterocycles. The molecule has 0 amide bonds. The number of ether oxygens (including phenoxy) is 1. The molecular weight excluding hydrogens is 246 g/mol. The molecule has 0 aromatic heterocycles. The van der Waals surface area contributed by atoms with E-state index in [0.29, 0.717) is 5.02 Å². The first-order valence-corrected chi connectivity index (χ1v) is 6.91. The van der Waals surface area contributed by atoms with Gasteiger partial charge in [-0.2, -0.15) is 0 Å². The highest BCUT2D eigenvalue weighted by Crippen LogP contribution is 2.38. The molecule has 0 aliphatic carbocycles. The van der Waals surface area contributed by atoms with Crippen LogP contribution < -0.4 is 10.1 Å². The number of benzene rings is 1. The van der Waals surface area contributed by atoms with E-state index in [1.54, 1.807) is 7.11 Å². The minimum absolute atomic E-state index is 0.148. The molecule has 0 unspecified atom stereocenters. The molecule has 1 aromatic rings. The predicted molar refractivity (Wildman–Crippen MR) is 78.9 cm³/mol. The lowest BCUT2D eigenvalue weighted by molar-refractivity contribution is 0.376. The van der Waals surface area contributed by atoms with Gasteiger partial charge in [-0.05, 0) is 50.1 Å². The van der Waals surface area contributed by atoms with Gasteiger partial charge in [0, 0.05) is 12.0 Å². The third-order valence-corrected chi connectivity index (χ3v) is 4.23. The number of hydrogen-bond acceptors (Lipinski definition) is 2. The smallest absolute Gasteiger partial charge is 0.137 e. The lowest BCUT2D eigenvalue weighted by Gasteiger charge is -2.34. The van der Waals surface area contributed by atoms with Crippen LogP contribution >= 0.6 is 11.6 Å². The molecule has 0 heterocycles. The summed E-state index contributed by atoms with van der Waals surface area (Å²) in [5, 5.41) is 4.00. The fraction of sp³-hybridized carbons (Fsp3) is 0.600. The molecule has 1 rings (SSSR count). The Kier molecular flexibility index (Phi) is 5.48. The number of aryl methyl sites for hydroxylation is 1. The second kappa shape index (κ2) is 6.44. The fourth-order valence-electron chi connectivity index (χ4n) is 2.70. The lowest BCUT2D eigenvalue weighted by atomic mass is 9.74. The van der Waals surface area contributed by atoms with Crippen LogP contribution in [0.1, 0.15) is 37.8 Å². The van der Waals surface area contributed by atoms with Crippen molar-refractivity contribution in [1.29, 1.82) is 0 Å². The maximum atomic E-state index is 6.28. The highest BCUT2D eigenvalue weighted by atomic mass is 35.5. The zero-order valence-corrected chi connectivity index (χ0v) is 12.8. The molecule has 3 heteroatoms. The van der Waals surface area contributed by atoms with E-state index in [0.717, 1.165) is 25.1 Å². The van der Waals surface area contributed by atoms with Crippen LogP contribution in [0.5, 0.6) is 5.75 Å². The van der Waals surface area contributed by atoms with E-state index in [1.807, 2.05) is 13.1 Å². The molecule has 0 radical (unpaired) electrons. The van der Waals surface area contributed by atoms with Crippen molar-refractivity contribution < 1.29 is 4.74 Å². The molecule has 0 aliphatic rings. The Bertz CT molecular complexity index is 400. The number of nitrogens with one attached hydrogen (secondary N) is 1. The van der Waals surface area contributed by atoms with Gasteiger partial charge in [0.05, 0.1) is 12.1 Å². The number of halogens is 1. The summed E-state index contributed by atoms with van der Waals surface area (Å²) in [6.07, 6.45) is 2.18. The van der Waals surface area contributed by atoms with E-state index < -0.39 is 0 Å². The van der Waals surface area contributed by atoms with E-state index in [9.17, 15) is 0 Å². The second-order valence-electron chi connectivity index (χ2n) is 4.82. The first-order valence-electron chi connectivity index (χ1n) is 6.53. The minimum Gasteiger partial charge on any atom is -0.495 e. The van der Waals surface area contributed by atoms with Crippen LogP contribution in [0, 0.1) is 6.92 Å². The molecular formula is C15H24ClNO. The number of rotatable bonds is 6. The van der Waals surface area contributed by atoms with Crippen molar-refractivity contribution >= 4 is 11.6 Å². The van der Waals surface area contributed by atoms with Crippen LogP contribution in [0.4, 0.5) is 0 Å². The summed E-state index contributed by atoms with van der Waals surface area (Å²) in [6.45, 7) is 7.56. The zero-order chi connectivity index (χ0) is 13.8. The summed E-state index contributed by atoms with van der Waals surface area (Å²) in [7, 11) is 3.65. The maximum absolute atomic E-state index is 6.28. The standard InChI is InChI=1S/C15H24ClNO/c1-6-15(7-2,10-17-4)12-9-13(16)14(18-5)8-11(12)3/h8-9,17H,6-7,10H2,1-5H3. The Morgan fingerprint density at radius 3 is 2.33 bits per heavy atom. The summed E-state index contributed by atoms with van der Waals surface area (Å²) in [4.78, 5) is 0. The van der Waals surface area contributed by atoms with Crippen LogP contribution in [0.15, 0.2) is 12.1 Å². The Balaban J connectivity index is 3.32. The van der Waals surface area contributed by atoms with Crippen molar-refractivity contribution in [2.45, 2.75) is 39.0 Å². The van der Waals surface area contributed by atoms with Gasteiger partial charge in [-0.1, -0.05) is 25.4 Å². The third kappa shape index (κ3) is 2.81. The average Bonchev–Trinajstić information content (AvgIpc) is 2.38. The van der Waals surface area contributed by atoms with Crippen LogP contribution in [-0.4, -0.2) is 20.7 Å². The highest BCUT2D eigenvalue weighted by molar-refractivity contribution is 6.32. The van der Waals surface area contributed by atoms with Gasteiger partial charge in [0.15, 0.2) is 0 Å². The molecule has 0 atom stereocenters. The van der Waals surface area contributed by atoms with Crippen molar-refractivity contribution in [1.82, 2.24) is 5.32 Å². The van der Waals surface area contributed by atoms with Gasteiger partial charge in [-0.3, -0.25) is 0 Å².